The van der Waals surface area contributed by atoms with Crippen molar-refractivity contribution in [3.63, 3.8) is 0 Å². The van der Waals surface area contributed by atoms with Gasteiger partial charge in [-0.05, 0) is 25.2 Å². The molecule has 0 unspecified atom stereocenters. The lowest BCUT2D eigenvalue weighted by Gasteiger charge is -2.12. The summed E-state index contributed by atoms with van der Waals surface area (Å²) in [6.45, 7) is 2.40. The van der Waals surface area contributed by atoms with E-state index in [1.54, 1.807) is 14.0 Å². The van der Waals surface area contributed by atoms with Crippen LogP contribution in [0.25, 0.3) is 0 Å². The van der Waals surface area contributed by atoms with Gasteiger partial charge in [-0.3, -0.25) is 5.10 Å². The molecular weight excluding hydrogens is 236 g/mol. The summed E-state index contributed by atoms with van der Waals surface area (Å²) in [6.07, 6.45) is 1.02. The summed E-state index contributed by atoms with van der Waals surface area (Å²) in [5, 5.41) is 6.99. The zero-order chi connectivity index (χ0) is 12.7. The maximum atomic E-state index is 11.8. The fourth-order valence-electron chi connectivity index (χ4n) is 2.75. The molecule has 0 saturated heterocycles. The Hall–Kier alpha value is -1.40. The quantitative estimate of drug-likeness (QED) is 0.632. The molecule has 3 rings (SSSR count). The fraction of sp³-hybridized carbons (Fsp3) is 0.667. The Balaban J connectivity index is 1.84. The van der Waals surface area contributed by atoms with Crippen LogP contribution in [-0.4, -0.2) is 36.7 Å². The summed E-state index contributed by atoms with van der Waals surface area (Å²) >= 11 is 0. The molecule has 0 radical (unpaired) electrons. The number of esters is 1. The number of carbonyl (C=O) groups is 1. The molecular formula is C12H16N2O4. The number of carbonyl (C=O) groups excluding carboxylic acids is 1. The lowest BCUT2D eigenvalue weighted by molar-refractivity contribution is -0.0803. The van der Waals surface area contributed by atoms with E-state index < -0.39 is 0 Å². The molecule has 1 aromatic rings. The Labute approximate surface area is 105 Å². The summed E-state index contributed by atoms with van der Waals surface area (Å²) in [6, 6.07) is 0. The predicted molar refractivity (Wildman–Crippen MR) is 61.1 cm³/mol. The summed E-state index contributed by atoms with van der Waals surface area (Å²) < 4.78 is 15.6. The number of ether oxygens (including phenoxy) is 3. The van der Waals surface area contributed by atoms with E-state index in [0.717, 1.165) is 17.7 Å². The van der Waals surface area contributed by atoms with Gasteiger partial charge in [-0.2, -0.15) is 5.10 Å². The molecule has 1 N–H and O–H groups in total. The number of aromatic nitrogens is 2. The second-order valence-corrected chi connectivity index (χ2v) is 4.62. The molecule has 1 aromatic heterocycles. The lowest BCUT2D eigenvalue weighted by atomic mass is 10.1. The number of methoxy groups -OCH3 is 1. The van der Waals surface area contributed by atoms with Gasteiger partial charge in [0.1, 0.15) is 12.9 Å². The van der Waals surface area contributed by atoms with Crippen molar-refractivity contribution in [2.24, 2.45) is 5.92 Å². The second-order valence-electron chi connectivity index (χ2n) is 4.62. The van der Waals surface area contributed by atoms with Crippen LogP contribution in [0.1, 0.15) is 47.1 Å². The van der Waals surface area contributed by atoms with E-state index in [9.17, 15) is 4.79 Å². The minimum Gasteiger partial charge on any atom is -0.461 e. The average molecular weight is 252 g/mol. The van der Waals surface area contributed by atoms with Crippen molar-refractivity contribution < 1.29 is 19.0 Å². The van der Waals surface area contributed by atoms with Crippen LogP contribution >= 0.6 is 0 Å². The molecule has 6 heteroatoms. The first-order valence-electron chi connectivity index (χ1n) is 6.13. The van der Waals surface area contributed by atoms with Gasteiger partial charge < -0.3 is 14.2 Å². The van der Waals surface area contributed by atoms with Crippen molar-refractivity contribution in [3.8, 4) is 0 Å². The van der Waals surface area contributed by atoms with E-state index in [1.165, 1.54) is 0 Å². The molecule has 1 heterocycles. The summed E-state index contributed by atoms with van der Waals surface area (Å²) in [5.41, 5.74) is 2.32. The molecule has 1 saturated carbocycles. The summed E-state index contributed by atoms with van der Waals surface area (Å²) in [4.78, 5) is 11.8. The standard InChI is InChI=1S/C12H16N2O4/c1-3-17-12(15)10-8-6-4-7(6)11(18-5-16-2)9(8)13-14-10/h6-7,11H,3-5H2,1-2H3,(H,13,14)/t6-,7+,11-/m0/s1. The second kappa shape index (κ2) is 4.37. The zero-order valence-corrected chi connectivity index (χ0v) is 10.4. The largest absolute Gasteiger partial charge is 0.461 e. The molecule has 18 heavy (non-hydrogen) atoms. The van der Waals surface area contributed by atoms with Crippen LogP contribution in [0.5, 0.6) is 0 Å². The fourth-order valence-corrected chi connectivity index (χ4v) is 2.75. The van der Waals surface area contributed by atoms with Crippen LogP contribution in [0.3, 0.4) is 0 Å². The van der Waals surface area contributed by atoms with E-state index in [1.807, 2.05) is 0 Å². The SMILES string of the molecule is CCOC(=O)c1n[nH]c2c1[C@H]1C[C@H]1[C@@H]2OCOC. The van der Waals surface area contributed by atoms with Gasteiger partial charge in [-0.1, -0.05) is 0 Å². The number of fused-ring (bicyclic) bond motifs is 3. The van der Waals surface area contributed by atoms with E-state index >= 15 is 0 Å². The molecule has 0 aliphatic heterocycles. The van der Waals surface area contributed by atoms with Gasteiger partial charge in [0.25, 0.3) is 0 Å². The topological polar surface area (TPSA) is 73.4 Å². The highest BCUT2D eigenvalue weighted by molar-refractivity contribution is 5.90. The van der Waals surface area contributed by atoms with Crippen molar-refractivity contribution >= 4 is 5.97 Å². The Bertz CT molecular complexity index is 471. The third-order valence-electron chi connectivity index (χ3n) is 3.55. The molecule has 2 aliphatic rings. The highest BCUT2D eigenvalue weighted by atomic mass is 16.7. The summed E-state index contributed by atoms with van der Waals surface area (Å²) in [5.74, 6) is 0.491. The van der Waals surface area contributed by atoms with Crippen LogP contribution in [0.2, 0.25) is 0 Å². The van der Waals surface area contributed by atoms with E-state index in [2.05, 4.69) is 10.2 Å². The van der Waals surface area contributed by atoms with E-state index in [-0.39, 0.29) is 18.9 Å². The van der Waals surface area contributed by atoms with Crippen molar-refractivity contribution in [2.45, 2.75) is 25.4 Å². The highest BCUT2D eigenvalue weighted by Crippen LogP contribution is 2.63. The lowest BCUT2D eigenvalue weighted by Crippen LogP contribution is -2.08. The number of hydrogen-bond donors (Lipinski definition) is 1. The molecule has 0 aromatic carbocycles. The van der Waals surface area contributed by atoms with Crippen LogP contribution in [-0.2, 0) is 14.2 Å². The van der Waals surface area contributed by atoms with Gasteiger partial charge in [-0.15, -0.1) is 0 Å². The Morgan fingerprint density at radius 2 is 2.39 bits per heavy atom. The average Bonchev–Trinajstić information content (AvgIpc) is 2.91. The monoisotopic (exact) mass is 252 g/mol. The minimum atomic E-state index is -0.354. The van der Waals surface area contributed by atoms with E-state index in [4.69, 9.17) is 14.2 Å². The molecule has 3 atom stereocenters. The predicted octanol–water partition coefficient (Wildman–Crippen LogP) is 1.37. The van der Waals surface area contributed by atoms with Crippen LogP contribution < -0.4 is 0 Å². The first-order valence-corrected chi connectivity index (χ1v) is 6.13. The molecule has 2 aliphatic carbocycles. The number of H-pyrrole nitrogens is 1. The molecule has 0 spiro atoms. The van der Waals surface area contributed by atoms with Crippen molar-refractivity contribution in [1.29, 1.82) is 0 Å². The van der Waals surface area contributed by atoms with Crippen molar-refractivity contribution in [2.75, 3.05) is 20.5 Å². The first kappa shape index (κ1) is 11.7. The zero-order valence-electron chi connectivity index (χ0n) is 10.4. The normalized spacial score (nSPS) is 27.8. The maximum Gasteiger partial charge on any atom is 0.359 e. The Morgan fingerprint density at radius 3 is 3.11 bits per heavy atom. The van der Waals surface area contributed by atoms with Gasteiger partial charge in [0.2, 0.25) is 0 Å². The molecule has 1 fully saturated rings. The van der Waals surface area contributed by atoms with Gasteiger partial charge >= 0.3 is 5.97 Å². The molecule has 0 bridgehead atoms. The van der Waals surface area contributed by atoms with Crippen LogP contribution in [0, 0.1) is 5.92 Å². The Kier molecular flexibility index (Phi) is 2.83. The van der Waals surface area contributed by atoms with Crippen LogP contribution in [0.4, 0.5) is 0 Å². The third-order valence-corrected chi connectivity index (χ3v) is 3.55. The molecule has 6 nitrogen and oxygen atoms in total. The summed E-state index contributed by atoms with van der Waals surface area (Å²) in [7, 11) is 1.59. The van der Waals surface area contributed by atoms with Crippen LogP contribution in [0.15, 0.2) is 0 Å². The number of rotatable bonds is 5. The van der Waals surface area contributed by atoms with Gasteiger partial charge in [-0.25, -0.2) is 4.79 Å². The Morgan fingerprint density at radius 1 is 1.56 bits per heavy atom. The molecule has 98 valence electrons. The maximum absolute atomic E-state index is 11.8. The third kappa shape index (κ3) is 1.64. The van der Waals surface area contributed by atoms with Gasteiger partial charge in [0, 0.05) is 12.7 Å². The number of nitrogens with one attached hydrogen (secondary N) is 1. The van der Waals surface area contributed by atoms with Gasteiger partial charge in [0.05, 0.1) is 12.3 Å². The first-order chi connectivity index (χ1) is 8.77. The number of hydrogen-bond acceptors (Lipinski definition) is 5. The van der Waals surface area contributed by atoms with Gasteiger partial charge in [0.15, 0.2) is 5.69 Å². The van der Waals surface area contributed by atoms with Crippen molar-refractivity contribution in [3.05, 3.63) is 17.0 Å². The minimum absolute atomic E-state index is 0.0272. The van der Waals surface area contributed by atoms with Crippen molar-refractivity contribution in [1.82, 2.24) is 10.2 Å². The molecule has 0 amide bonds. The highest BCUT2D eigenvalue weighted by Gasteiger charge is 2.56. The number of nitrogens with zero attached hydrogens (tertiary/aromatic N) is 1. The van der Waals surface area contributed by atoms with E-state index in [0.29, 0.717) is 24.1 Å². The number of aromatic amines is 1. The smallest absolute Gasteiger partial charge is 0.359 e.